The number of carbonyl (C=O) groups is 1. The van der Waals surface area contributed by atoms with Crippen molar-refractivity contribution in [3.05, 3.63) is 65.5 Å². The molecule has 0 fully saturated rings. The summed E-state index contributed by atoms with van der Waals surface area (Å²) < 4.78 is 13.8. The molecule has 0 bridgehead atoms. The smallest absolute Gasteiger partial charge is 0.220 e. The van der Waals surface area contributed by atoms with Gasteiger partial charge in [0.05, 0.1) is 6.04 Å². The van der Waals surface area contributed by atoms with E-state index in [4.69, 9.17) is 0 Å². The molecular formula is C18H18FNOS. The van der Waals surface area contributed by atoms with Crippen molar-refractivity contribution in [1.29, 1.82) is 0 Å². The molecule has 0 saturated carbocycles. The zero-order valence-electron chi connectivity index (χ0n) is 12.2. The second-order valence-electron chi connectivity index (χ2n) is 5.40. The van der Waals surface area contributed by atoms with Crippen molar-refractivity contribution in [1.82, 2.24) is 5.32 Å². The molecule has 2 aromatic carbocycles. The molecule has 0 spiro atoms. The number of thioether (sulfide) groups is 1. The van der Waals surface area contributed by atoms with E-state index in [1.165, 1.54) is 17.8 Å². The van der Waals surface area contributed by atoms with E-state index in [1.807, 2.05) is 36.4 Å². The molecule has 2 aromatic rings. The van der Waals surface area contributed by atoms with E-state index in [0.717, 1.165) is 29.7 Å². The zero-order chi connectivity index (χ0) is 15.4. The maximum atomic E-state index is 13.8. The van der Waals surface area contributed by atoms with Crippen LogP contribution in [0.15, 0.2) is 53.4 Å². The molecule has 0 unspecified atom stereocenters. The third-order valence-electron chi connectivity index (χ3n) is 3.84. The number of amides is 1. The molecule has 2 nitrogen and oxygen atoms in total. The first-order valence-corrected chi connectivity index (χ1v) is 8.47. The number of nitrogens with one attached hydrogen (secondary N) is 1. The summed E-state index contributed by atoms with van der Waals surface area (Å²) in [6.07, 6.45) is 2.03. The summed E-state index contributed by atoms with van der Waals surface area (Å²) in [7, 11) is 0. The fourth-order valence-electron chi connectivity index (χ4n) is 2.71. The standard InChI is InChI=1S/C18H18FNOS/c19-15-8-4-7-14-16(11-12-22-18(14)15)20-17(21)10-9-13-5-2-1-3-6-13/h1-8,16H,9-12H2,(H,20,21)/t16-/m0/s1. The minimum absolute atomic E-state index is 0.0240. The van der Waals surface area contributed by atoms with Gasteiger partial charge in [0.1, 0.15) is 5.82 Å². The molecule has 3 rings (SSSR count). The molecule has 1 aliphatic heterocycles. The van der Waals surface area contributed by atoms with Crippen LogP contribution in [-0.4, -0.2) is 11.7 Å². The first kappa shape index (κ1) is 15.1. The minimum atomic E-state index is -0.189. The Hall–Kier alpha value is -1.81. The number of carbonyl (C=O) groups excluding carboxylic acids is 1. The third-order valence-corrected chi connectivity index (χ3v) is 5.00. The fourth-order valence-corrected chi connectivity index (χ4v) is 3.85. The van der Waals surface area contributed by atoms with Crippen LogP contribution in [0.25, 0.3) is 0 Å². The van der Waals surface area contributed by atoms with Crippen LogP contribution in [0, 0.1) is 5.82 Å². The molecule has 0 saturated heterocycles. The molecule has 1 atom stereocenters. The van der Waals surface area contributed by atoms with Gasteiger partial charge in [-0.15, -0.1) is 11.8 Å². The summed E-state index contributed by atoms with van der Waals surface area (Å²) in [5.41, 5.74) is 2.06. The van der Waals surface area contributed by atoms with Gasteiger partial charge in [0, 0.05) is 17.1 Å². The second-order valence-corrected chi connectivity index (χ2v) is 6.51. The Balaban J connectivity index is 1.62. The number of rotatable bonds is 4. The van der Waals surface area contributed by atoms with E-state index in [9.17, 15) is 9.18 Å². The SMILES string of the molecule is O=C(CCc1ccccc1)N[C@H]1CCSc2c(F)cccc21. The lowest BCUT2D eigenvalue weighted by molar-refractivity contribution is -0.121. The summed E-state index contributed by atoms with van der Waals surface area (Å²) >= 11 is 1.53. The van der Waals surface area contributed by atoms with Crippen LogP contribution < -0.4 is 5.32 Å². The summed E-state index contributed by atoms with van der Waals surface area (Å²) in [5.74, 6) is 0.666. The predicted octanol–water partition coefficient (Wildman–Crippen LogP) is 4.11. The predicted molar refractivity (Wildman–Crippen MR) is 87.4 cm³/mol. The number of hydrogen-bond donors (Lipinski definition) is 1. The molecule has 1 aliphatic rings. The van der Waals surface area contributed by atoms with Crippen molar-refractivity contribution in [2.75, 3.05) is 5.75 Å². The van der Waals surface area contributed by atoms with Crippen molar-refractivity contribution in [2.45, 2.75) is 30.2 Å². The van der Waals surface area contributed by atoms with Crippen LogP contribution in [0.2, 0.25) is 0 Å². The molecule has 114 valence electrons. The largest absolute Gasteiger partial charge is 0.349 e. The highest BCUT2D eigenvalue weighted by atomic mass is 32.2. The Morgan fingerprint density at radius 1 is 1.18 bits per heavy atom. The highest BCUT2D eigenvalue weighted by Gasteiger charge is 2.24. The monoisotopic (exact) mass is 315 g/mol. The van der Waals surface area contributed by atoms with Gasteiger partial charge < -0.3 is 5.32 Å². The zero-order valence-corrected chi connectivity index (χ0v) is 13.0. The molecular weight excluding hydrogens is 297 g/mol. The topological polar surface area (TPSA) is 29.1 Å². The first-order chi connectivity index (χ1) is 10.7. The highest BCUT2D eigenvalue weighted by molar-refractivity contribution is 7.99. The summed E-state index contributed by atoms with van der Waals surface area (Å²) in [6.45, 7) is 0. The van der Waals surface area contributed by atoms with Gasteiger partial charge in [-0.25, -0.2) is 4.39 Å². The second kappa shape index (κ2) is 6.97. The van der Waals surface area contributed by atoms with Crippen LogP contribution in [0.4, 0.5) is 4.39 Å². The Morgan fingerprint density at radius 3 is 2.82 bits per heavy atom. The van der Waals surface area contributed by atoms with Crippen LogP contribution >= 0.6 is 11.8 Å². The molecule has 1 heterocycles. The van der Waals surface area contributed by atoms with Crippen LogP contribution in [0.3, 0.4) is 0 Å². The summed E-state index contributed by atoms with van der Waals surface area (Å²) in [5, 5.41) is 3.05. The van der Waals surface area contributed by atoms with Crippen LogP contribution in [0.5, 0.6) is 0 Å². The van der Waals surface area contributed by atoms with Crippen LogP contribution in [-0.2, 0) is 11.2 Å². The molecule has 0 aromatic heterocycles. The number of hydrogen-bond acceptors (Lipinski definition) is 2. The Bertz CT molecular complexity index is 659. The maximum absolute atomic E-state index is 13.8. The van der Waals surface area contributed by atoms with Crippen molar-refractivity contribution < 1.29 is 9.18 Å². The van der Waals surface area contributed by atoms with Crippen molar-refractivity contribution >= 4 is 17.7 Å². The molecule has 0 aliphatic carbocycles. The molecule has 4 heteroatoms. The highest BCUT2D eigenvalue weighted by Crippen LogP contribution is 2.37. The third kappa shape index (κ3) is 3.50. The van der Waals surface area contributed by atoms with E-state index in [1.54, 1.807) is 6.07 Å². The lowest BCUT2D eigenvalue weighted by atomic mass is 10.0. The molecule has 1 N–H and O–H groups in total. The minimum Gasteiger partial charge on any atom is -0.349 e. The van der Waals surface area contributed by atoms with Gasteiger partial charge in [-0.1, -0.05) is 42.5 Å². The van der Waals surface area contributed by atoms with E-state index < -0.39 is 0 Å². The molecule has 22 heavy (non-hydrogen) atoms. The van der Waals surface area contributed by atoms with Crippen molar-refractivity contribution in [3.63, 3.8) is 0 Å². The lowest BCUT2D eigenvalue weighted by Gasteiger charge is -2.26. The maximum Gasteiger partial charge on any atom is 0.220 e. The summed E-state index contributed by atoms with van der Waals surface area (Å²) in [4.78, 5) is 12.9. The van der Waals surface area contributed by atoms with E-state index >= 15 is 0 Å². The Morgan fingerprint density at radius 2 is 2.00 bits per heavy atom. The summed E-state index contributed by atoms with van der Waals surface area (Å²) in [6, 6.07) is 15.0. The van der Waals surface area contributed by atoms with E-state index in [-0.39, 0.29) is 17.8 Å². The average molecular weight is 315 g/mol. The van der Waals surface area contributed by atoms with Gasteiger partial charge in [-0.05, 0) is 30.0 Å². The number of fused-ring (bicyclic) bond motifs is 1. The van der Waals surface area contributed by atoms with Crippen molar-refractivity contribution in [3.8, 4) is 0 Å². The molecule has 1 amide bonds. The van der Waals surface area contributed by atoms with Crippen LogP contribution in [0.1, 0.15) is 30.0 Å². The van der Waals surface area contributed by atoms with Gasteiger partial charge in [0.15, 0.2) is 0 Å². The van der Waals surface area contributed by atoms with Gasteiger partial charge >= 0.3 is 0 Å². The van der Waals surface area contributed by atoms with Gasteiger partial charge in [-0.3, -0.25) is 4.79 Å². The number of benzene rings is 2. The van der Waals surface area contributed by atoms with Crippen molar-refractivity contribution in [2.24, 2.45) is 0 Å². The normalized spacial score (nSPS) is 16.9. The van der Waals surface area contributed by atoms with E-state index in [2.05, 4.69) is 5.32 Å². The van der Waals surface area contributed by atoms with Gasteiger partial charge in [-0.2, -0.15) is 0 Å². The lowest BCUT2D eigenvalue weighted by Crippen LogP contribution is -2.31. The Labute approximate surface area is 134 Å². The quantitative estimate of drug-likeness (QED) is 0.920. The number of aryl methyl sites for hydroxylation is 1. The average Bonchev–Trinajstić information content (AvgIpc) is 2.55. The molecule has 0 radical (unpaired) electrons. The Kier molecular flexibility index (Phi) is 4.78. The van der Waals surface area contributed by atoms with Gasteiger partial charge in [0.2, 0.25) is 5.91 Å². The number of halogens is 1. The van der Waals surface area contributed by atoms with E-state index in [0.29, 0.717) is 11.3 Å². The fraction of sp³-hybridized carbons (Fsp3) is 0.278. The van der Waals surface area contributed by atoms with Gasteiger partial charge in [0.25, 0.3) is 0 Å². The first-order valence-electron chi connectivity index (χ1n) is 7.48.